The van der Waals surface area contributed by atoms with Gasteiger partial charge in [-0.05, 0) is 23.8 Å². The Bertz CT molecular complexity index is 772. The van der Waals surface area contributed by atoms with Crippen LogP contribution >= 0.6 is 0 Å². The molecule has 7 heteroatoms. The topological polar surface area (TPSA) is 76.7 Å². The fraction of sp³-hybridized carbons (Fsp3) is 0.333. The van der Waals surface area contributed by atoms with E-state index in [1.807, 2.05) is 0 Å². The highest BCUT2D eigenvalue weighted by Gasteiger charge is 2.20. The number of aromatic nitrogens is 2. The molecule has 25 heavy (non-hydrogen) atoms. The molecule has 7 nitrogen and oxygen atoms in total. The lowest BCUT2D eigenvalue weighted by Gasteiger charge is -2.25. The second kappa shape index (κ2) is 7.29. The van der Waals surface area contributed by atoms with Crippen LogP contribution in [0.3, 0.4) is 0 Å². The standard InChI is InChI=1S/C18H21N3O4/c1-23-15-8-12(9-16(24-2)18(15)25-3)4-5-17(22)21-7-6-14-13(11-21)10-19-20-14/h4-5,8-10H,6-7,11H2,1-3H3,(H,19,20). The summed E-state index contributed by atoms with van der Waals surface area (Å²) < 4.78 is 16.0. The predicted octanol–water partition coefficient (Wildman–Crippen LogP) is 2.03. The summed E-state index contributed by atoms with van der Waals surface area (Å²) in [4.78, 5) is 14.3. The number of fused-ring (bicyclic) bond motifs is 1. The molecule has 2 aromatic rings. The first kappa shape index (κ1) is 16.9. The molecular weight excluding hydrogens is 322 g/mol. The van der Waals surface area contributed by atoms with E-state index in [1.165, 1.54) is 0 Å². The Kier molecular flexibility index (Phi) is 4.92. The van der Waals surface area contributed by atoms with Gasteiger partial charge < -0.3 is 19.1 Å². The van der Waals surface area contributed by atoms with Crippen molar-refractivity contribution in [2.45, 2.75) is 13.0 Å². The van der Waals surface area contributed by atoms with Crippen LogP contribution in [0.1, 0.15) is 16.8 Å². The zero-order chi connectivity index (χ0) is 17.8. The van der Waals surface area contributed by atoms with E-state index in [4.69, 9.17) is 14.2 Å². The zero-order valence-corrected chi connectivity index (χ0v) is 14.5. The van der Waals surface area contributed by atoms with Crippen LogP contribution in [-0.4, -0.2) is 48.9 Å². The molecule has 0 saturated carbocycles. The van der Waals surface area contributed by atoms with Gasteiger partial charge in [0.1, 0.15) is 0 Å². The first-order valence-electron chi connectivity index (χ1n) is 7.94. The Morgan fingerprint density at radius 1 is 1.20 bits per heavy atom. The SMILES string of the molecule is COc1cc(C=CC(=O)N2CCc3[nH]ncc3C2)cc(OC)c1OC. The molecule has 1 amide bonds. The van der Waals surface area contributed by atoms with E-state index in [-0.39, 0.29) is 5.91 Å². The van der Waals surface area contributed by atoms with E-state index < -0.39 is 0 Å². The van der Waals surface area contributed by atoms with Crippen LogP contribution in [0.5, 0.6) is 17.2 Å². The van der Waals surface area contributed by atoms with Gasteiger partial charge in [0.25, 0.3) is 0 Å². The van der Waals surface area contributed by atoms with Gasteiger partial charge in [0.15, 0.2) is 11.5 Å². The molecule has 0 unspecified atom stereocenters. The Hall–Kier alpha value is -2.96. The number of hydrogen-bond donors (Lipinski definition) is 1. The maximum Gasteiger partial charge on any atom is 0.246 e. The predicted molar refractivity (Wildman–Crippen MR) is 92.8 cm³/mol. The smallest absolute Gasteiger partial charge is 0.246 e. The number of rotatable bonds is 5. The summed E-state index contributed by atoms with van der Waals surface area (Å²) >= 11 is 0. The highest BCUT2D eigenvalue weighted by atomic mass is 16.5. The molecule has 1 aromatic carbocycles. The van der Waals surface area contributed by atoms with Crippen LogP contribution in [-0.2, 0) is 17.8 Å². The highest BCUT2D eigenvalue weighted by Crippen LogP contribution is 2.38. The van der Waals surface area contributed by atoms with Crippen molar-refractivity contribution in [3.8, 4) is 17.2 Å². The number of nitrogens with zero attached hydrogens (tertiary/aromatic N) is 2. The molecule has 0 fully saturated rings. The number of nitrogens with one attached hydrogen (secondary N) is 1. The summed E-state index contributed by atoms with van der Waals surface area (Å²) in [5, 5.41) is 6.99. The summed E-state index contributed by atoms with van der Waals surface area (Å²) in [6, 6.07) is 3.60. The van der Waals surface area contributed by atoms with Crippen LogP contribution in [0.2, 0.25) is 0 Å². The monoisotopic (exact) mass is 343 g/mol. The zero-order valence-electron chi connectivity index (χ0n) is 14.5. The lowest BCUT2D eigenvalue weighted by atomic mass is 10.1. The maximum absolute atomic E-state index is 12.5. The van der Waals surface area contributed by atoms with Crippen molar-refractivity contribution in [2.24, 2.45) is 0 Å². The first-order chi connectivity index (χ1) is 12.2. The number of amides is 1. The van der Waals surface area contributed by atoms with E-state index in [0.29, 0.717) is 30.3 Å². The van der Waals surface area contributed by atoms with Crippen molar-refractivity contribution in [3.63, 3.8) is 0 Å². The molecule has 1 aromatic heterocycles. The van der Waals surface area contributed by atoms with Gasteiger partial charge in [-0.25, -0.2) is 0 Å². The van der Waals surface area contributed by atoms with E-state index in [1.54, 1.807) is 56.7 Å². The van der Waals surface area contributed by atoms with Crippen molar-refractivity contribution in [1.29, 1.82) is 0 Å². The van der Waals surface area contributed by atoms with Gasteiger partial charge in [0.05, 0.1) is 27.5 Å². The summed E-state index contributed by atoms with van der Waals surface area (Å²) in [5.74, 6) is 1.59. The number of carbonyl (C=O) groups excluding carboxylic acids is 1. The third-order valence-electron chi connectivity index (χ3n) is 4.22. The molecule has 1 aliphatic heterocycles. The molecule has 0 radical (unpaired) electrons. The normalized spacial score (nSPS) is 13.6. The second-order valence-electron chi connectivity index (χ2n) is 5.68. The van der Waals surface area contributed by atoms with Crippen LogP contribution in [0.25, 0.3) is 6.08 Å². The largest absolute Gasteiger partial charge is 0.493 e. The minimum absolute atomic E-state index is 0.0411. The number of hydrogen-bond acceptors (Lipinski definition) is 5. The molecular formula is C18H21N3O4. The molecule has 1 aliphatic rings. The third-order valence-corrected chi connectivity index (χ3v) is 4.22. The van der Waals surface area contributed by atoms with Gasteiger partial charge in [-0.1, -0.05) is 0 Å². The Morgan fingerprint density at radius 3 is 2.56 bits per heavy atom. The van der Waals surface area contributed by atoms with Crippen molar-refractivity contribution < 1.29 is 19.0 Å². The molecule has 0 saturated heterocycles. The molecule has 1 N–H and O–H groups in total. The number of H-pyrrole nitrogens is 1. The summed E-state index contributed by atoms with van der Waals surface area (Å²) in [5.41, 5.74) is 2.97. The second-order valence-corrected chi connectivity index (χ2v) is 5.68. The maximum atomic E-state index is 12.5. The molecule has 3 rings (SSSR count). The fourth-order valence-electron chi connectivity index (χ4n) is 2.88. The molecule has 0 atom stereocenters. The quantitative estimate of drug-likeness (QED) is 0.841. The number of carbonyl (C=O) groups is 1. The number of benzene rings is 1. The third kappa shape index (κ3) is 3.45. The Morgan fingerprint density at radius 2 is 1.92 bits per heavy atom. The van der Waals surface area contributed by atoms with Crippen molar-refractivity contribution in [1.82, 2.24) is 15.1 Å². The van der Waals surface area contributed by atoms with Gasteiger partial charge in [0.2, 0.25) is 11.7 Å². The van der Waals surface area contributed by atoms with Gasteiger partial charge in [-0.15, -0.1) is 0 Å². The van der Waals surface area contributed by atoms with Crippen LogP contribution in [0.4, 0.5) is 0 Å². The van der Waals surface area contributed by atoms with E-state index in [2.05, 4.69) is 10.2 Å². The summed E-state index contributed by atoms with van der Waals surface area (Å²) in [6.07, 6.45) is 5.88. The highest BCUT2D eigenvalue weighted by molar-refractivity contribution is 5.92. The lowest BCUT2D eigenvalue weighted by molar-refractivity contribution is -0.126. The molecule has 0 bridgehead atoms. The van der Waals surface area contributed by atoms with Crippen molar-refractivity contribution >= 4 is 12.0 Å². The van der Waals surface area contributed by atoms with E-state index in [0.717, 1.165) is 23.2 Å². The lowest BCUT2D eigenvalue weighted by Crippen LogP contribution is -2.34. The molecule has 132 valence electrons. The van der Waals surface area contributed by atoms with Crippen molar-refractivity contribution in [2.75, 3.05) is 27.9 Å². The van der Waals surface area contributed by atoms with Gasteiger partial charge in [0, 0.05) is 36.8 Å². The van der Waals surface area contributed by atoms with E-state index >= 15 is 0 Å². The number of ether oxygens (including phenoxy) is 3. The van der Waals surface area contributed by atoms with Crippen LogP contribution in [0, 0.1) is 0 Å². The fourth-order valence-corrected chi connectivity index (χ4v) is 2.88. The van der Waals surface area contributed by atoms with Gasteiger partial charge >= 0.3 is 0 Å². The molecule has 0 spiro atoms. The average Bonchev–Trinajstić information content (AvgIpc) is 3.12. The molecule has 0 aliphatic carbocycles. The van der Waals surface area contributed by atoms with Crippen LogP contribution in [0.15, 0.2) is 24.4 Å². The average molecular weight is 343 g/mol. The minimum Gasteiger partial charge on any atom is -0.493 e. The Balaban J connectivity index is 1.76. The number of aromatic amines is 1. The van der Waals surface area contributed by atoms with Gasteiger partial charge in [-0.3, -0.25) is 9.89 Å². The van der Waals surface area contributed by atoms with Gasteiger partial charge in [-0.2, -0.15) is 5.10 Å². The van der Waals surface area contributed by atoms with Crippen LogP contribution < -0.4 is 14.2 Å². The number of methoxy groups -OCH3 is 3. The summed E-state index contributed by atoms with van der Waals surface area (Å²) in [6.45, 7) is 1.25. The first-order valence-corrected chi connectivity index (χ1v) is 7.94. The van der Waals surface area contributed by atoms with Crippen molar-refractivity contribution in [3.05, 3.63) is 41.2 Å². The van der Waals surface area contributed by atoms with E-state index in [9.17, 15) is 4.79 Å². The summed E-state index contributed by atoms with van der Waals surface area (Å²) in [7, 11) is 4.68. The Labute approximate surface area is 146 Å². The minimum atomic E-state index is -0.0411. The molecule has 2 heterocycles.